The number of ether oxygens (including phenoxy) is 1. The molecule has 4 aromatic rings. The maximum absolute atomic E-state index is 14.9. The molecule has 1 aliphatic carbocycles. The first-order valence-electron chi connectivity index (χ1n) is 25.2. The Labute approximate surface area is 401 Å². The number of hydrazine groups is 1. The number of methoxy groups -OCH3 is 1. The van der Waals surface area contributed by atoms with Gasteiger partial charge in [0.1, 0.15) is 12.6 Å². The smallest absolute Gasteiger partial charge is 0.375 e. The van der Waals surface area contributed by atoms with Crippen LogP contribution in [-0.4, -0.2) is 87.8 Å². The first-order valence-corrected chi connectivity index (χ1v) is 26.1. The normalized spacial score (nSPS) is 20.9. The first-order chi connectivity index (χ1) is 32.0. The van der Waals surface area contributed by atoms with Crippen LogP contribution in [0.5, 0.6) is 0 Å². The molecule has 5 unspecified atom stereocenters. The summed E-state index contributed by atoms with van der Waals surface area (Å²) < 4.78 is 50.9. The lowest BCUT2D eigenvalue weighted by Gasteiger charge is -2.47. The van der Waals surface area contributed by atoms with E-state index in [4.69, 9.17) is 9.72 Å². The van der Waals surface area contributed by atoms with Crippen molar-refractivity contribution in [1.82, 2.24) is 35.2 Å². The van der Waals surface area contributed by atoms with Gasteiger partial charge in [-0.1, -0.05) is 73.3 Å². The van der Waals surface area contributed by atoms with Crippen molar-refractivity contribution >= 4 is 34.1 Å². The average molecular weight is 948 g/mol. The van der Waals surface area contributed by atoms with Crippen molar-refractivity contribution in [2.75, 3.05) is 33.3 Å². The van der Waals surface area contributed by atoms with E-state index in [9.17, 15) is 22.8 Å². The number of likely N-dealkylation sites (tertiary alicyclic amines) is 1. The van der Waals surface area contributed by atoms with Gasteiger partial charge in [-0.25, -0.2) is 10.4 Å². The fraction of sp³-hybridized carbons (Fsp3) is 0.660. The van der Waals surface area contributed by atoms with E-state index in [1.165, 1.54) is 22.3 Å². The zero-order valence-electron chi connectivity index (χ0n) is 41.4. The quantitative estimate of drug-likeness (QED) is 0.0965. The molecule has 0 radical (unpaired) electrons. The van der Waals surface area contributed by atoms with Gasteiger partial charge in [0.15, 0.2) is 0 Å². The van der Waals surface area contributed by atoms with Gasteiger partial charge >= 0.3 is 6.18 Å². The largest absolute Gasteiger partial charge is 0.406 e. The van der Waals surface area contributed by atoms with Crippen molar-refractivity contribution in [2.24, 2.45) is 22.7 Å². The van der Waals surface area contributed by atoms with Crippen molar-refractivity contribution in [1.29, 1.82) is 0 Å². The summed E-state index contributed by atoms with van der Waals surface area (Å²) in [6, 6.07) is 8.10. The SMILES string of the molecule is CCC(C)CC1(CC)CCCN(C(C(=O)NC(Cc2nc(-c3ccc4c(c3)c(CC(C)(C)CC)c(-c3cccnc3C(C)OC)n4CC(F)(F)F)cs2)C(=O)N2CCCCN2)C2CCCC2)C1. The van der Waals surface area contributed by atoms with Crippen LogP contribution in [0.2, 0.25) is 0 Å². The standard InChI is InChI=1S/C53H76F3N7O3S/c1-9-35(4)30-52(11-3)23-17-26-61(33-52)47(37-18-12-13-19-37)49(64)60-42(50(65)63-27-15-14-25-58-63)29-45-59-43(32-67-45)38-21-22-44-40(28-38)41(31-51(6,7)10-2)48(62(44)34-53(54,55)56)39-20-16-24-57-46(39)36(5)66-8/h16,20-22,24,28,32,35-37,42,47,58H,9-15,17-19,23,25-27,29-31,33-34H2,1-8H3,(H,60,64). The molecule has 2 N–H and O–H groups in total. The maximum Gasteiger partial charge on any atom is 0.406 e. The molecule has 2 amide bonds. The number of nitrogens with zero attached hydrogens (tertiary/aromatic N) is 5. The van der Waals surface area contributed by atoms with Gasteiger partial charge in [-0.15, -0.1) is 11.3 Å². The third kappa shape index (κ3) is 12.0. The molecule has 3 aromatic heterocycles. The van der Waals surface area contributed by atoms with Gasteiger partial charge in [0.05, 0.1) is 34.2 Å². The number of hydrogen-bond donors (Lipinski definition) is 2. The highest BCUT2D eigenvalue weighted by molar-refractivity contribution is 7.10. The van der Waals surface area contributed by atoms with E-state index in [2.05, 4.69) is 62.2 Å². The number of carbonyl (C=O) groups excluding carboxylic acids is 2. The molecule has 0 bridgehead atoms. The van der Waals surface area contributed by atoms with Gasteiger partial charge in [0.25, 0.3) is 5.91 Å². The van der Waals surface area contributed by atoms with Gasteiger partial charge in [-0.05, 0) is 124 Å². The summed E-state index contributed by atoms with van der Waals surface area (Å²) in [6.07, 6.45) is 10.1. The summed E-state index contributed by atoms with van der Waals surface area (Å²) in [5.41, 5.74) is 7.68. The molecular weight excluding hydrogens is 872 g/mol. The van der Waals surface area contributed by atoms with Crippen LogP contribution in [0.15, 0.2) is 41.9 Å². The van der Waals surface area contributed by atoms with E-state index >= 15 is 0 Å². The van der Waals surface area contributed by atoms with Crippen molar-refractivity contribution < 1.29 is 27.5 Å². The number of piperidine rings is 1. The number of benzene rings is 1. The second kappa shape index (κ2) is 21.8. The Kier molecular flexibility index (Phi) is 16.6. The van der Waals surface area contributed by atoms with E-state index in [1.807, 2.05) is 30.5 Å². The van der Waals surface area contributed by atoms with Crippen LogP contribution in [0.1, 0.15) is 148 Å². The molecule has 5 atom stereocenters. The summed E-state index contributed by atoms with van der Waals surface area (Å²) in [5.74, 6) is 0.650. The number of amides is 2. The number of pyridine rings is 1. The van der Waals surface area contributed by atoms with E-state index in [1.54, 1.807) is 30.4 Å². The molecule has 2 aliphatic heterocycles. The molecule has 5 heterocycles. The molecule has 3 fully saturated rings. The lowest BCUT2D eigenvalue weighted by molar-refractivity contribution is -0.142. The number of thiazole rings is 1. The van der Waals surface area contributed by atoms with Crippen molar-refractivity contribution in [3.8, 4) is 22.5 Å². The number of fused-ring (bicyclic) bond motifs is 1. The number of carbonyl (C=O) groups is 2. The van der Waals surface area contributed by atoms with Crippen LogP contribution >= 0.6 is 11.3 Å². The van der Waals surface area contributed by atoms with Crippen LogP contribution in [0.25, 0.3) is 33.4 Å². The fourth-order valence-electron chi connectivity index (χ4n) is 11.2. The number of halogens is 3. The third-order valence-electron chi connectivity index (χ3n) is 15.6. The Bertz CT molecular complexity index is 2300. The van der Waals surface area contributed by atoms with Crippen molar-refractivity contribution in [3.63, 3.8) is 0 Å². The highest BCUT2D eigenvalue weighted by Crippen LogP contribution is 2.45. The van der Waals surface area contributed by atoms with Gasteiger partial charge < -0.3 is 14.6 Å². The molecular formula is C53H76F3N7O3S. The van der Waals surface area contributed by atoms with Crippen molar-refractivity contribution in [2.45, 2.75) is 169 Å². The highest BCUT2D eigenvalue weighted by atomic mass is 32.1. The minimum absolute atomic E-state index is 0.0571. The lowest BCUT2D eigenvalue weighted by atomic mass is 9.71. The second-order valence-corrected chi connectivity index (χ2v) is 21.8. The molecule has 1 aromatic carbocycles. The van der Waals surface area contributed by atoms with Crippen LogP contribution in [0.3, 0.4) is 0 Å². The number of nitrogens with one attached hydrogen (secondary N) is 2. The Morgan fingerprint density at radius 2 is 1.82 bits per heavy atom. The van der Waals surface area contributed by atoms with E-state index in [0.717, 1.165) is 100 Å². The second-order valence-electron chi connectivity index (χ2n) is 20.9. The summed E-state index contributed by atoms with van der Waals surface area (Å²) in [4.78, 5) is 41.7. The summed E-state index contributed by atoms with van der Waals surface area (Å²) in [5, 5.41) is 8.42. The molecule has 3 aliphatic rings. The number of hydrogen-bond acceptors (Lipinski definition) is 8. The minimum atomic E-state index is -4.48. The van der Waals surface area contributed by atoms with E-state index in [0.29, 0.717) is 58.6 Å². The Morgan fingerprint density at radius 1 is 1.04 bits per heavy atom. The monoisotopic (exact) mass is 948 g/mol. The molecule has 14 heteroatoms. The highest BCUT2D eigenvalue weighted by Gasteiger charge is 2.44. The predicted octanol–water partition coefficient (Wildman–Crippen LogP) is 11.7. The topological polar surface area (TPSA) is 105 Å². The van der Waals surface area contributed by atoms with Gasteiger partial charge in [0.2, 0.25) is 5.91 Å². The van der Waals surface area contributed by atoms with E-state index < -0.39 is 24.9 Å². The molecule has 10 nitrogen and oxygen atoms in total. The Hall–Kier alpha value is -3.85. The molecule has 368 valence electrons. The van der Waals surface area contributed by atoms with Crippen molar-refractivity contribution in [3.05, 3.63) is 58.2 Å². The fourth-order valence-corrected chi connectivity index (χ4v) is 12.1. The Balaban J connectivity index is 1.24. The molecule has 1 saturated carbocycles. The van der Waals surface area contributed by atoms with Gasteiger partial charge in [-0.2, -0.15) is 13.2 Å². The van der Waals surface area contributed by atoms with Crippen LogP contribution in [0.4, 0.5) is 13.2 Å². The maximum atomic E-state index is 14.9. The van der Waals surface area contributed by atoms with Gasteiger partial charge in [0, 0.05) is 66.8 Å². The zero-order chi connectivity index (χ0) is 48.1. The number of alkyl halides is 3. The average Bonchev–Trinajstić information content (AvgIpc) is 4.09. The molecule has 0 spiro atoms. The summed E-state index contributed by atoms with van der Waals surface area (Å²) in [6.45, 7) is 17.1. The minimum Gasteiger partial charge on any atom is -0.375 e. The number of rotatable bonds is 19. The third-order valence-corrected chi connectivity index (χ3v) is 16.5. The first kappa shape index (κ1) is 51.0. The van der Waals surface area contributed by atoms with E-state index in [-0.39, 0.29) is 41.0 Å². The van der Waals surface area contributed by atoms with Crippen LogP contribution < -0.4 is 10.7 Å². The number of aromatic nitrogens is 3. The Morgan fingerprint density at radius 3 is 2.49 bits per heavy atom. The van der Waals surface area contributed by atoms with Crippen LogP contribution in [-0.2, 0) is 33.7 Å². The summed E-state index contributed by atoms with van der Waals surface area (Å²) >= 11 is 1.44. The molecule has 2 saturated heterocycles. The predicted molar refractivity (Wildman–Crippen MR) is 263 cm³/mol. The summed E-state index contributed by atoms with van der Waals surface area (Å²) in [7, 11) is 1.58. The lowest BCUT2D eigenvalue weighted by Crippen LogP contribution is -2.61. The molecule has 7 rings (SSSR count). The van der Waals surface area contributed by atoms with Crippen LogP contribution in [0, 0.1) is 22.7 Å². The van der Waals surface area contributed by atoms with Gasteiger partial charge in [-0.3, -0.25) is 24.5 Å². The zero-order valence-corrected chi connectivity index (χ0v) is 42.2. The molecule has 67 heavy (non-hydrogen) atoms.